The lowest BCUT2D eigenvalue weighted by Crippen LogP contribution is -2.47. The van der Waals surface area contributed by atoms with Crippen LogP contribution < -0.4 is 16.4 Å². The molecule has 0 aliphatic carbocycles. The van der Waals surface area contributed by atoms with Gasteiger partial charge in [0.05, 0.1) is 0 Å². The molecule has 0 saturated heterocycles. The minimum atomic E-state index is -1.18. The van der Waals surface area contributed by atoms with Crippen molar-refractivity contribution < 1.29 is 38.2 Å². The van der Waals surface area contributed by atoms with Crippen LogP contribution in [0, 0.1) is 0 Å². The van der Waals surface area contributed by atoms with Crippen LogP contribution in [0.25, 0.3) is 0 Å². The third kappa shape index (κ3) is 14.5. The summed E-state index contributed by atoms with van der Waals surface area (Å²) in [5.41, 5.74) is 4.30. The molecular weight excluding hydrogens is 482 g/mol. The van der Waals surface area contributed by atoms with E-state index in [2.05, 4.69) is 10.6 Å². The second-order valence-corrected chi connectivity index (χ2v) is 10.5. The SMILES string of the molecule is CC(C)(C)OC(=O)[C@H](CCC(N)=O)NC(=O)CC[C@H](NC(=O)OCc1ccccc1)C(=O)OC(C)(C)C. The number of hydrogen-bond donors (Lipinski definition) is 3. The van der Waals surface area contributed by atoms with Gasteiger partial charge < -0.3 is 30.6 Å². The van der Waals surface area contributed by atoms with E-state index in [0.29, 0.717) is 0 Å². The molecule has 4 N–H and O–H groups in total. The fourth-order valence-corrected chi connectivity index (χ4v) is 2.98. The van der Waals surface area contributed by atoms with Crippen LogP contribution in [0.2, 0.25) is 0 Å². The Hall–Kier alpha value is -3.63. The van der Waals surface area contributed by atoms with Crippen LogP contribution in [0.5, 0.6) is 0 Å². The molecule has 11 nitrogen and oxygen atoms in total. The van der Waals surface area contributed by atoms with Crippen LogP contribution in [0.15, 0.2) is 30.3 Å². The van der Waals surface area contributed by atoms with E-state index in [1.807, 2.05) is 6.07 Å². The summed E-state index contributed by atoms with van der Waals surface area (Å²) in [5, 5.41) is 4.96. The van der Waals surface area contributed by atoms with Crippen molar-refractivity contribution in [3.8, 4) is 0 Å². The molecule has 0 unspecified atom stereocenters. The highest BCUT2D eigenvalue weighted by Crippen LogP contribution is 2.13. The Kier molecular flexibility index (Phi) is 12.0. The fraction of sp³-hybridized carbons (Fsp3) is 0.577. The Morgan fingerprint density at radius 2 is 1.27 bits per heavy atom. The van der Waals surface area contributed by atoms with E-state index in [1.165, 1.54) is 0 Å². The molecule has 0 bridgehead atoms. The first-order chi connectivity index (χ1) is 17.1. The van der Waals surface area contributed by atoms with Gasteiger partial charge in [0, 0.05) is 12.8 Å². The van der Waals surface area contributed by atoms with E-state index in [9.17, 15) is 24.0 Å². The van der Waals surface area contributed by atoms with Gasteiger partial charge in [-0.2, -0.15) is 0 Å². The number of nitrogens with two attached hydrogens (primary N) is 1. The molecule has 3 amide bonds. The molecule has 1 rings (SSSR count). The quantitative estimate of drug-likeness (QED) is 0.279. The predicted octanol–water partition coefficient (Wildman–Crippen LogP) is 2.50. The molecule has 0 fully saturated rings. The number of rotatable bonds is 12. The number of carbonyl (C=O) groups excluding carboxylic acids is 5. The molecule has 206 valence electrons. The number of amides is 3. The third-order valence-electron chi connectivity index (χ3n) is 4.56. The van der Waals surface area contributed by atoms with Crippen LogP contribution in [0.1, 0.15) is 72.8 Å². The Morgan fingerprint density at radius 3 is 1.76 bits per heavy atom. The van der Waals surface area contributed by atoms with Crippen molar-refractivity contribution in [1.82, 2.24) is 10.6 Å². The van der Waals surface area contributed by atoms with E-state index in [-0.39, 0.29) is 32.3 Å². The highest BCUT2D eigenvalue weighted by molar-refractivity contribution is 5.86. The molecule has 1 aromatic carbocycles. The molecule has 2 atom stereocenters. The van der Waals surface area contributed by atoms with Crippen molar-refractivity contribution in [2.45, 2.75) is 97.1 Å². The van der Waals surface area contributed by atoms with E-state index in [1.54, 1.807) is 65.8 Å². The van der Waals surface area contributed by atoms with Gasteiger partial charge in [0.15, 0.2) is 0 Å². The van der Waals surface area contributed by atoms with Crippen molar-refractivity contribution in [1.29, 1.82) is 0 Å². The second-order valence-electron chi connectivity index (χ2n) is 10.5. The Labute approximate surface area is 217 Å². The zero-order chi connectivity index (χ0) is 28.2. The normalized spacial score (nSPS) is 13.0. The van der Waals surface area contributed by atoms with Crippen molar-refractivity contribution in [2.75, 3.05) is 0 Å². The summed E-state index contributed by atoms with van der Waals surface area (Å²) in [7, 11) is 0. The number of esters is 2. The zero-order valence-corrected chi connectivity index (χ0v) is 22.4. The van der Waals surface area contributed by atoms with Crippen molar-refractivity contribution in [3.05, 3.63) is 35.9 Å². The standard InChI is InChI=1S/C26H39N3O8/c1-25(2,3)36-22(32)18(12-14-20(27)30)28-21(31)15-13-19(23(33)37-26(4,5)6)29-24(34)35-16-17-10-8-7-9-11-17/h7-11,18-19H,12-16H2,1-6H3,(H2,27,30)(H,28,31)(H,29,34)/t18-,19-/m0/s1. The number of hydrogen-bond acceptors (Lipinski definition) is 8. The van der Waals surface area contributed by atoms with Gasteiger partial charge in [-0.15, -0.1) is 0 Å². The van der Waals surface area contributed by atoms with Gasteiger partial charge in [0.2, 0.25) is 11.8 Å². The van der Waals surface area contributed by atoms with Gasteiger partial charge >= 0.3 is 18.0 Å². The molecule has 0 heterocycles. The molecule has 1 aromatic rings. The number of benzene rings is 1. The molecule has 11 heteroatoms. The summed E-state index contributed by atoms with van der Waals surface area (Å²) >= 11 is 0. The van der Waals surface area contributed by atoms with Gasteiger partial charge in [0.25, 0.3) is 0 Å². The molecular formula is C26H39N3O8. The average Bonchev–Trinajstić information content (AvgIpc) is 2.76. The third-order valence-corrected chi connectivity index (χ3v) is 4.56. The molecule has 0 spiro atoms. The summed E-state index contributed by atoms with van der Waals surface area (Å²) in [6.45, 7) is 10.0. The van der Waals surface area contributed by atoms with Crippen molar-refractivity contribution in [2.24, 2.45) is 5.73 Å². The van der Waals surface area contributed by atoms with E-state index >= 15 is 0 Å². The number of alkyl carbamates (subject to hydrolysis) is 1. The minimum Gasteiger partial charge on any atom is -0.458 e. The van der Waals surface area contributed by atoms with Gasteiger partial charge in [-0.1, -0.05) is 30.3 Å². The van der Waals surface area contributed by atoms with Crippen LogP contribution >= 0.6 is 0 Å². The minimum absolute atomic E-state index is 0.00830. The summed E-state index contributed by atoms with van der Waals surface area (Å²) < 4.78 is 15.9. The smallest absolute Gasteiger partial charge is 0.408 e. The van der Waals surface area contributed by atoms with Crippen LogP contribution in [0.3, 0.4) is 0 Å². The predicted molar refractivity (Wildman–Crippen MR) is 135 cm³/mol. The van der Waals surface area contributed by atoms with Gasteiger partial charge in [-0.05, 0) is 59.9 Å². The lowest BCUT2D eigenvalue weighted by atomic mass is 10.1. The summed E-state index contributed by atoms with van der Waals surface area (Å²) in [6, 6.07) is 6.69. The maximum atomic E-state index is 12.7. The number of primary amides is 1. The van der Waals surface area contributed by atoms with Crippen molar-refractivity contribution in [3.63, 3.8) is 0 Å². The molecule has 0 aliphatic heterocycles. The van der Waals surface area contributed by atoms with E-state index < -0.39 is 53.1 Å². The van der Waals surface area contributed by atoms with Gasteiger partial charge in [0.1, 0.15) is 29.9 Å². The number of nitrogens with one attached hydrogen (secondary N) is 2. The first-order valence-electron chi connectivity index (χ1n) is 12.1. The van der Waals surface area contributed by atoms with E-state index in [4.69, 9.17) is 19.9 Å². The van der Waals surface area contributed by atoms with Crippen LogP contribution in [-0.4, -0.2) is 53.1 Å². The Morgan fingerprint density at radius 1 is 0.784 bits per heavy atom. The van der Waals surface area contributed by atoms with Crippen LogP contribution in [0.4, 0.5) is 4.79 Å². The summed E-state index contributed by atoms with van der Waals surface area (Å²) in [6.07, 6.45) is -1.40. The highest BCUT2D eigenvalue weighted by Gasteiger charge is 2.30. The first-order valence-corrected chi connectivity index (χ1v) is 12.1. The average molecular weight is 522 g/mol. The molecule has 37 heavy (non-hydrogen) atoms. The lowest BCUT2D eigenvalue weighted by molar-refractivity contribution is -0.160. The maximum Gasteiger partial charge on any atom is 0.408 e. The molecule has 0 radical (unpaired) electrons. The highest BCUT2D eigenvalue weighted by atomic mass is 16.6. The molecule has 0 aliphatic rings. The maximum absolute atomic E-state index is 12.7. The first kappa shape index (κ1) is 31.4. The van der Waals surface area contributed by atoms with Gasteiger partial charge in [-0.3, -0.25) is 9.59 Å². The zero-order valence-electron chi connectivity index (χ0n) is 22.4. The number of ether oxygens (including phenoxy) is 3. The monoisotopic (exact) mass is 521 g/mol. The summed E-state index contributed by atoms with van der Waals surface area (Å²) in [5.74, 6) is -2.68. The topological polar surface area (TPSA) is 163 Å². The fourth-order valence-electron chi connectivity index (χ4n) is 2.98. The molecule has 0 saturated carbocycles. The molecule has 0 aromatic heterocycles. The van der Waals surface area contributed by atoms with Gasteiger partial charge in [-0.25, -0.2) is 14.4 Å². The van der Waals surface area contributed by atoms with Crippen molar-refractivity contribution >= 4 is 29.8 Å². The summed E-state index contributed by atoms with van der Waals surface area (Å²) in [4.78, 5) is 61.4. The number of carbonyl (C=O) groups is 5. The Bertz CT molecular complexity index is 935. The van der Waals surface area contributed by atoms with Crippen LogP contribution in [-0.2, 0) is 40.0 Å². The largest absolute Gasteiger partial charge is 0.458 e. The second kappa shape index (κ2) is 14.2. The lowest BCUT2D eigenvalue weighted by Gasteiger charge is -2.25. The Balaban J connectivity index is 2.82. The van der Waals surface area contributed by atoms with E-state index in [0.717, 1.165) is 5.56 Å².